The molecule has 1 N–H and O–H groups in total. The summed E-state index contributed by atoms with van der Waals surface area (Å²) in [4.78, 5) is 36.6. The van der Waals surface area contributed by atoms with Crippen LogP contribution in [-0.4, -0.2) is 101 Å². The molecule has 1 spiro atoms. The molecule has 0 bridgehead atoms. The summed E-state index contributed by atoms with van der Waals surface area (Å²) < 4.78 is 36.3. The lowest BCUT2D eigenvalue weighted by Gasteiger charge is -2.60. The number of aldehydes is 1. The van der Waals surface area contributed by atoms with Crippen molar-refractivity contribution in [1.82, 2.24) is 29.7 Å². The Kier molecular flexibility index (Phi) is 9.37. The normalized spacial score (nSPS) is 24.3. The number of nitriles is 1. The summed E-state index contributed by atoms with van der Waals surface area (Å²) in [7, 11) is 0. The summed E-state index contributed by atoms with van der Waals surface area (Å²) in [6.45, 7) is 7.83. The van der Waals surface area contributed by atoms with E-state index < -0.39 is 23.1 Å². The van der Waals surface area contributed by atoms with Crippen LogP contribution in [0.15, 0.2) is 55.0 Å². The number of piperazine rings is 1. The minimum atomic E-state index is -0.750. The molecule has 1 amide bonds. The molecule has 4 aromatic rings. The smallest absolute Gasteiger partial charge is 0.254 e. The van der Waals surface area contributed by atoms with E-state index in [9.17, 15) is 23.6 Å². The SMILES string of the molecule is CCOc1cc(-c2ccc(N3CCC(CN4CCN(C5CC6(CC(C=O)C6)C5)CC4)(NC(=O)c4cc(F)ccc4F)CC3)nc2)c2c(C#N)cnn2c1. The van der Waals surface area contributed by atoms with Crippen molar-refractivity contribution in [3.05, 3.63) is 77.8 Å². The number of carbonyl (C=O) groups is 2. The zero-order valence-electron chi connectivity index (χ0n) is 29.9. The Labute approximate surface area is 307 Å². The number of rotatable bonds is 10. The fourth-order valence-electron chi connectivity index (χ4n) is 9.24. The van der Waals surface area contributed by atoms with Crippen molar-refractivity contribution < 1.29 is 23.1 Å². The molecule has 53 heavy (non-hydrogen) atoms. The van der Waals surface area contributed by atoms with E-state index in [0.717, 1.165) is 80.5 Å². The number of hydrogen-bond acceptors (Lipinski definition) is 9. The first-order chi connectivity index (χ1) is 25.7. The van der Waals surface area contributed by atoms with Crippen LogP contribution < -0.4 is 15.0 Å². The highest BCUT2D eigenvalue weighted by Crippen LogP contribution is 2.59. The van der Waals surface area contributed by atoms with E-state index in [0.29, 0.717) is 67.4 Å². The lowest BCUT2D eigenvalue weighted by molar-refractivity contribution is -0.130. The van der Waals surface area contributed by atoms with Crippen LogP contribution in [-0.2, 0) is 4.79 Å². The highest BCUT2D eigenvalue weighted by molar-refractivity contribution is 5.95. The van der Waals surface area contributed by atoms with Crippen LogP contribution in [0.5, 0.6) is 5.75 Å². The van der Waals surface area contributed by atoms with Crippen molar-refractivity contribution >= 4 is 23.5 Å². The second-order valence-corrected chi connectivity index (χ2v) is 15.4. The number of amides is 1. The van der Waals surface area contributed by atoms with E-state index >= 15 is 0 Å². The van der Waals surface area contributed by atoms with E-state index in [1.165, 1.54) is 12.8 Å². The van der Waals surface area contributed by atoms with E-state index in [4.69, 9.17) is 9.72 Å². The van der Waals surface area contributed by atoms with E-state index in [2.05, 4.69) is 31.2 Å². The van der Waals surface area contributed by atoms with Gasteiger partial charge in [0.2, 0.25) is 0 Å². The van der Waals surface area contributed by atoms with E-state index in [1.807, 2.05) is 25.1 Å². The van der Waals surface area contributed by atoms with Gasteiger partial charge in [0.05, 0.1) is 41.2 Å². The van der Waals surface area contributed by atoms with Crippen LogP contribution in [0, 0.1) is 34.3 Å². The summed E-state index contributed by atoms with van der Waals surface area (Å²) in [5.74, 6) is -0.343. The Morgan fingerprint density at radius 1 is 1.04 bits per heavy atom. The first kappa shape index (κ1) is 35.1. The Morgan fingerprint density at radius 3 is 2.49 bits per heavy atom. The van der Waals surface area contributed by atoms with Crippen LogP contribution in [0.4, 0.5) is 14.6 Å². The van der Waals surface area contributed by atoms with Crippen molar-refractivity contribution in [2.24, 2.45) is 11.3 Å². The molecule has 13 heteroatoms. The molecule has 3 aromatic heterocycles. The maximum absolute atomic E-state index is 14.7. The average Bonchev–Trinajstić information content (AvgIpc) is 3.55. The van der Waals surface area contributed by atoms with Gasteiger partial charge in [0.25, 0.3) is 5.91 Å². The van der Waals surface area contributed by atoms with Crippen molar-refractivity contribution in [2.45, 2.75) is 57.0 Å². The molecule has 2 saturated carbocycles. The number of fused-ring (bicyclic) bond motifs is 1. The average molecular weight is 723 g/mol. The molecule has 0 atom stereocenters. The number of halogens is 2. The third-order valence-electron chi connectivity index (χ3n) is 12.0. The predicted octanol–water partition coefficient (Wildman–Crippen LogP) is 5.09. The van der Waals surface area contributed by atoms with Gasteiger partial charge in [0.15, 0.2) is 0 Å². The first-order valence-electron chi connectivity index (χ1n) is 18.6. The Bertz CT molecular complexity index is 2030. The molecule has 2 saturated heterocycles. The van der Waals surface area contributed by atoms with Crippen LogP contribution >= 0.6 is 0 Å². The highest BCUT2D eigenvalue weighted by atomic mass is 19.1. The summed E-state index contributed by atoms with van der Waals surface area (Å²) in [6, 6.07) is 11.6. The van der Waals surface area contributed by atoms with Crippen LogP contribution in [0.2, 0.25) is 0 Å². The van der Waals surface area contributed by atoms with Gasteiger partial charge in [-0.05, 0) is 87.3 Å². The molecule has 0 unspecified atom stereocenters. The number of hydrogen-bond donors (Lipinski definition) is 1. The van der Waals surface area contributed by atoms with Gasteiger partial charge in [-0.15, -0.1) is 0 Å². The molecule has 5 heterocycles. The number of ether oxygens (including phenoxy) is 1. The second kappa shape index (κ2) is 14.1. The molecule has 0 radical (unpaired) electrons. The van der Waals surface area contributed by atoms with Gasteiger partial charge >= 0.3 is 0 Å². The molecule has 4 fully saturated rings. The summed E-state index contributed by atoms with van der Waals surface area (Å²) in [5.41, 5.74) is 2.20. The van der Waals surface area contributed by atoms with Gasteiger partial charge in [-0.25, -0.2) is 18.3 Å². The molecule has 2 aliphatic heterocycles. The van der Waals surface area contributed by atoms with Crippen molar-refractivity contribution in [3.63, 3.8) is 0 Å². The molecule has 4 aliphatic rings. The fraction of sp³-hybridized carbons (Fsp3) is 0.475. The number of piperidine rings is 1. The van der Waals surface area contributed by atoms with Gasteiger partial charge in [0.1, 0.15) is 35.6 Å². The number of nitrogens with one attached hydrogen (secondary N) is 1. The zero-order chi connectivity index (χ0) is 36.7. The molecular formula is C40H44F2N8O3. The van der Waals surface area contributed by atoms with Gasteiger partial charge in [-0.1, -0.05) is 0 Å². The summed E-state index contributed by atoms with van der Waals surface area (Å²) >= 11 is 0. The Morgan fingerprint density at radius 2 is 1.81 bits per heavy atom. The molecule has 1 aromatic carbocycles. The second-order valence-electron chi connectivity index (χ2n) is 15.4. The summed E-state index contributed by atoms with van der Waals surface area (Å²) in [5, 5.41) is 17.3. The zero-order valence-corrected chi connectivity index (χ0v) is 29.9. The van der Waals surface area contributed by atoms with Gasteiger partial charge < -0.3 is 19.7 Å². The van der Waals surface area contributed by atoms with Gasteiger partial charge in [-0.3, -0.25) is 14.6 Å². The third kappa shape index (κ3) is 6.86. The monoisotopic (exact) mass is 722 g/mol. The minimum absolute atomic E-state index is 0.248. The van der Waals surface area contributed by atoms with Gasteiger partial charge in [0, 0.05) is 75.1 Å². The first-order valence-corrected chi connectivity index (χ1v) is 18.6. The Hall–Kier alpha value is -4.93. The number of benzene rings is 1. The van der Waals surface area contributed by atoms with Gasteiger partial charge in [-0.2, -0.15) is 10.4 Å². The molecular weight excluding hydrogens is 678 g/mol. The van der Waals surface area contributed by atoms with Crippen molar-refractivity contribution in [3.8, 4) is 22.9 Å². The number of nitrogens with zero attached hydrogens (tertiary/aromatic N) is 7. The number of pyridine rings is 2. The van der Waals surface area contributed by atoms with E-state index in [-0.39, 0.29) is 11.5 Å². The molecule has 276 valence electrons. The highest BCUT2D eigenvalue weighted by Gasteiger charge is 2.54. The maximum atomic E-state index is 14.7. The molecule has 2 aliphatic carbocycles. The Balaban J connectivity index is 0.960. The van der Waals surface area contributed by atoms with Crippen LogP contribution in [0.25, 0.3) is 16.6 Å². The predicted molar refractivity (Wildman–Crippen MR) is 195 cm³/mol. The van der Waals surface area contributed by atoms with Crippen molar-refractivity contribution in [2.75, 3.05) is 57.3 Å². The van der Waals surface area contributed by atoms with Crippen LogP contribution in [0.3, 0.4) is 0 Å². The number of carbonyl (C=O) groups excluding carboxylic acids is 2. The third-order valence-corrected chi connectivity index (χ3v) is 12.0. The standard InChI is InChI=1S/C40H44F2N8O3/c1-2-53-32-16-33(37-29(21-43)23-45-50(37)24-32)28-3-6-36(44-22-28)49-9-7-40(8-10-49,46-38(52)34-15-30(41)4-5-35(34)42)26-47-11-13-48(14-12-47)31-19-39(20-31)17-27(18-39)25-51/h3-6,15-16,22-25,27,31H,2,7-14,17-20,26H2,1H3,(H,46,52). The summed E-state index contributed by atoms with van der Waals surface area (Å²) in [6.07, 6.45) is 11.8. The molecule has 11 nitrogen and oxygen atoms in total. The lowest BCUT2D eigenvalue weighted by atomic mass is 9.50. The topological polar surface area (TPSA) is 119 Å². The number of anilines is 1. The maximum Gasteiger partial charge on any atom is 0.254 e. The molecule has 8 rings (SSSR count). The fourth-order valence-corrected chi connectivity index (χ4v) is 9.24. The van der Waals surface area contributed by atoms with E-state index in [1.54, 1.807) is 23.1 Å². The lowest BCUT2D eigenvalue weighted by Crippen LogP contribution is -2.64. The largest absolute Gasteiger partial charge is 0.492 e. The number of aromatic nitrogens is 3. The van der Waals surface area contributed by atoms with Crippen LogP contribution in [0.1, 0.15) is 61.4 Å². The van der Waals surface area contributed by atoms with Crippen molar-refractivity contribution in [1.29, 1.82) is 5.26 Å². The minimum Gasteiger partial charge on any atom is -0.492 e. The quantitative estimate of drug-likeness (QED) is 0.224.